The van der Waals surface area contributed by atoms with Gasteiger partial charge in [-0.25, -0.2) is 0 Å². The predicted molar refractivity (Wildman–Crippen MR) is 150 cm³/mol. The molecule has 39 heavy (non-hydrogen) atoms. The topological polar surface area (TPSA) is 80.3 Å². The van der Waals surface area contributed by atoms with Gasteiger partial charge in [0.2, 0.25) is 0 Å². The van der Waals surface area contributed by atoms with E-state index in [0.717, 1.165) is 56.0 Å². The van der Waals surface area contributed by atoms with Gasteiger partial charge in [0.05, 0.1) is 25.9 Å². The first-order chi connectivity index (χ1) is 19.2. The first kappa shape index (κ1) is 27.3. The number of nitrogens with zero attached hydrogens (tertiary/aromatic N) is 1. The smallest absolute Gasteiger partial charge is 0.251 e. The third-order valence-electron chi connectivity index (χ3n) is 7.50. The maximum Gasteiger partial charge on any atom is 0.251 e. The van der Waals surface area contributed by atoms with Gasteiger partial charge >= 0.3 is 0 Å². The number of fused-ring (bicyclic) bond motifs is 3. The van der Waals surface area contributed by atoms with Crippen molar-refractivity contribution in [2.75, 3.05) is 46.2 Å². The van der Waals surface area contributed by atoms with Crippen LogP contribution in [0, 0.1) is 0 Å². The Morgan fingerprint density at radius 2 is 1.69 bits per heavy atom. The van der Waals surface area contributed by atoms with Crippen LogP contribution in [0.25, 0.3) is 0 Å². The van der Waals surface area contributed by atoms with Crippen LogP contribution in [0.5, 0.6) is 5.75 Å². The van der Waals surface area contributed by atoms with Gasteiger partial charge in [-0.2, -0.15) is 0 Å². The lowest BCUT2D eigenvalue weighted by atomic mass is 9.99. The lowest BCUT2D eigenvalue weighted by molar-refractivity contribution is 0.0133. The molecule has 2 aliphatic rings. The number of ether oxygens (including phenoxy) is 3. The fraction of sp³-hybridized carbons (Fsp3) is 0.406. The molecule has 7 nitrogen and oxygen atoms in total. The molecule has 2 aliphatic heterocycles. The summed E-state index contributed by atoms with van der Waals surface area (Å²) in [6.45, 7) is 4.79. The molecule has 2 heterocycles. The Morgan fingerprint density at radius 3 is 2.51 bits per heavy atom. The van der Waals surface area contributed by atoms with Gasteiger partial charge < -0.3 is 24.6 Å². The molecule has 1 atom stereocenters. The summed E-state index contributed by atoms with van der Waals surface area (Å²) < 4.78 is 17.7. The van der Waals surface area contributed by atoms with E-state index < -0.39 is 6.04 Å². The minimum Gasteiger partial charge on any atom is -0.491 e. The average molecular weight is 531 g/mol. The molecule has 0 radical (unpaired) electrons. The number of amides is 1. The van der Waals surface area contributed by atoms with Gasteiger partial charge in [0.15, 0.2) is 0 Å². The Balaban J connectivity index is 1.37. The third-order valence-corrected chi connectivity index (χ3v) is 7.50. The van der Waals surface area contributed by atoms with Crippen molar-refractivity contribution in [1.29, 1.82) is 0 Å². The quantitative estimate of drug-likeness (QED) is 0.517. The molecule has 2 N–H and O–H groups in total. The highest BCUT2D eigenvalue weighted by atomic mass is 16.5. The molecule has 0 aliphatic carbocycles. The number of aliphatic hydroxyl groups is 1. The Morgan fingerprint density at radius 1 is 0.897 bits per heavy atom. The van der Waals surface area contributed by atoms with Crippen LogP contribution in [0.4, 0.5) is 0 Å². The van der Waals surface area contributed by atoms with Crippen molar-refractivity contribution < 1.29 is 24.1 Å². The number of benzene rings is 3. The van der Waals surface area contributed by atoms with Gasteiger partial charge in [-0.15, -0.1) is 0 Å². The summed E-state index contributed by atoms with van der Waals surface area (Å²) in [5.41, 5.74) is 4.78. The molecule has 1 amide bonds. The zero-order valence-electron chi connectivity index (χ0n) is 22.4. The zero-order valence-corrected chi connectivity index (χ0v) is 22.4. The molecule has 0 aromatic heterocycles. The summed E-state index contributed by atoms with van der Waals surface area (Å²) >= 11 is 0. The SMILES string of the molecule is O=C(N[C@H](CO)c1ccccc1)c1ccc2c(c1)Cc1cccc(c1)CN(C1CCOCC1)CCOCCO2. The molecular formula is C32H38N2O5. The van der Waals surface area contributed by atoms with Crippen molar-refractivity contribution in [3.05, 3.63) is 101 Å². The maximum atomic E-state index is 13.2. The normalized spacial score (nSPS) is 18.3. The van der Waals surface area contributed by atoms with E-state index in [4.69, 9.17) is 14.2 Å². The molecular weight excluding hydrogens is 492 g/mol. The number of rotatable bonds is 5. The molecule has 5 rings (SSSR count). The van der Waals surface area contributed by atoms with Crippen molar-refractivity contribution in [3.8, 4) is 5.75 Å². The van der Waals surface area contributed by atoms with Crippen LogP contribution in [-0.4, -0.2) is 68.1 Å². The van der Waals surface area contributed by atoms with E-state index in [1.165, 1.54) is 11.1 Å². The summed E-state index contributed by atoms with van der Waals surface area (Å²) in [6, 6.07) is 23.7. The van der Waals surface area contributed by atoms with Crippen LogP contribution in [0.3, 0.4) is 0 Å². The van der Waals surface area contributed by atoms with Gasteiger partial charge in [0.1, 0.15) is 12.4 Å². The number of carbonyl (C=O) groups is 1. The minimum atomic E-state index is -0.476. The van der Waals surface area contributed by atoms with Crippen molar-refractivity contribution >= 4 is 5.91 Å². The monoisotopic (exact) mass is 530 g/mol. The van der Waals surface area contributed by atoms with Gasteiger partial charge in [-0.1, -0.05) is 54.6 Å². The van der Waals surface area contributed by atoms with E-state index in [-0.39, 0.29) is 12.5 Å². The van der Waals surface area contributed by atoms with Gasteiger partial charge in [0.25, 0.3) is 5.91 Å². The van der Waals surface area contributed by atoms with Crippen LogP contribution in [0.15, 0.2) is 72.8 Å². The van der Waals surface area contributed by atoms with E-state index in [0.29, 0.717) is 37.8 Å². The van der Waals surface area contributed by atoms with Gasteiger partial charge in [-0.3, -0.25) is 9.69 Å². The van der Waals surface area contributed by atoms with E-state index in [1.54, 1.807) is 6.07 Å². The Labute approximate surface area is 230 Å². The average Bonchev–Trinajstić information content (AvgIpc) is 2.98. The summed E-state index contributed by atoms with van der Waals surface area (Å²) in [6.07, 6.45) is 2.73. The van der Waals surface area contributed by atoms with Crippen molar-refractivity contribution in [1.82, 2.24) is 10.2 Å². The number of nitrogens with one attached hydrogen (secondary N) is 1. The van der Waals surface area contributed by atoms with Gasteiger partial charge in [-0.05, 0) is 53.3 Å². The van der Waals surface area contributed by atoms with Crippen molar-refractivity contribution in [2.45, 2.75) is 37.9 Å². The highest BCUT2D eigenvalue weighted by Gasteiger charge is 2.22. The van der Waals surface area contributed by atoms with Crippen LogP contribution in [0.1, 0.15) is 51.5 Å². The van der Waals surface area contributed by atoms with Crippen LogP contribution >= 0.6 is 0 Å². The molecule has 1 fully saturated rings. The molecule has 0 spiro atoms. The first-order valence-corrected chi connectivity index (χ1v) is 13.9. The molecule has 7 heteroatoms. The zero-order chi connectivity index (χ0) is 26.9. The highest BCUT2D eigenvalue weighted by Crippen LogP contribution is 2.26. The number of hydrogen-bond donors (Lipinski definition) is 2. The minimum absolute atomic E-state index is 0.179. The molecule has 2 bridgehead atoms. The fourth-order valence-electron chi connectivity index (χ4n) is 5.39. The van der Waals surface area contributed by atoms with E-state index in [1.807, 2.05) is 42.5 Å². The number of aliphatic hydroxyl groups excluding tert-OH is 1. The third kappa shape index (κ3) is 7.46. The second kappa shape index (κ2) is 13.7. The van der Waals surface area contributed by atoms with E-state index >= 15 is 0 Å². The van der Waals surface area contributed by atoms with Crippen LogP contribution in [0.2, 0.25) is 0 Å². The first-order valence-electron chi connectivity index (χ1n) is 13.9. The molecule has 206 valence electrons. The molecule has 1 saturated heterocycles. The van der Waals surface area contributed by atoms with E-state index in [2.05, 4.69) is 34.5 Å². The lowest BCUT2D eigenvalue weighted by Gasteiger charge is -2.34. The summed E-state index contributed by atoms with van der Waals surface area (Å²) in [5, 5.41) is 12.9. The molecule has 0 saturated carbocycles. The number of carbonyl (C=O) groups excluding carboxylic acids is 1. The largest absolute Gasteiger partial charge is 0.491 e. The molecule has 0 unspecified atom stereocenters. The van der Waals surface area contributed by atoms with E-state index in [9.17, 15) is 9.90 Å². The highest BCUT2D eigenvalue weighted by molar-refractivity contribution is 5.95. The van der Waals surface area contributed by atoms with Crippen molar-refractivity contribution in [3.63, 3.8) is 0 Å². The summed E-state index contributed by atoms with van der Waals surface area (Å²) in [5.74, 6) is 0.521. The molecule has 3 aromatic carbocycles. The Hall–Kier alpha value is -3.23. The second-order valence-electron chi connectivity index (χ2n) is 10.2. The summed E-state index contributed by atoms with van der Waals surface area (Å²) in [4.78, 5) is 15.7. The molecule has 3 aromatic rings. The van der Waals surface area contributed by atoms with Crippen molar-refractivity contribution in [2.24, 2.45) is 0 Å². The maximum absolute atomic E-state index is 13.2. The predicted octanol–water partition coefficient (Wildman–Crippen LogP) is 4.13. The fourth-order valence-corrected chi connectivity index (χ4v) is 5.39. The van der Waals surface area contributed by atoms with Gasteiger partial charge in [0, 0.05) is 44.3 Å². The Bertz CT molecular complexity index is 1210. The summed E-state index contributed by atoms with van der Waals surface area (Å²) in [7, 11) is 0. The number of hydrogen-bond acceptors (Lipinski definition) is 6. The lowest BCUT2D eigenvalue weighted by Crippen LogP contribution is -2.41. The second-order valence-corrected chi connectivity index (χ2v) is 10.2. The standard InChI is InChI=1S/C32H38N2O5/c35-23-30(26-7-2-1-3-8-26)33-32(36)27-9-10-31-28(21-27)20-24-5-4-6-25(19-24)22-34(13-16-38-17-18-39-31)29-11-14-37-15-12-29/h1-10,19,21,29-30,35H,11-18,20,22-23H2,(H,33,36)/t30-/m1/s1. The van der Waals surface area contributed by atoms with Crippen LogP contribution < -0.4 is 10.1 Å². The van der Waals surface area contributed by atoms with Crippen LogP contribution in [-0.2, 0) is 22.4 Å². The Kier molecular flexibility index (Phi) is 9.61.